The Balaban J connectivity index is 1.35. The van der Waals surface area contributed by atoms with Gasteiger partial charge >= 0.3 is 0 Å². The standard InChI is InChI=1S/C24H26N4S/c25-15-17-13-21(29-16-17)24(8-9-24)28-12-2-1-3-18(14-23(28)6-7-23)19-4-10-26-22-20(19)5-11-27-22/h4-5,10-11,13,16,18H,1-3,6-9,12,14H2,(H,26,27). The van der Waals surface area contributed by atoms with E-state index in [2.05, 4.69) is 39.1 Å². The van der Waals surface area contributed by atoms with Gasteiger partial charge in [0.2, 0.25) is 0 Å². The highest BCUT2D eigenvalue weighted by atomic mass is 32.1. The van der Waals surface area contributed by atoms with Crippen LogP contribution in [0, 0.1) is 11.3 Å². The number of nitrogens with one attached hydrogen (secondary N) is 1. The van der Waals surface area contributed by atoms with Gasteiger partial charge in [-0.3, -0.25) is 4.90 Å². The molecule has 3 aliphatic rings. The first-order valence-corrected chi connectivity index (χ1v) is 11.8. The van der Waals surface area contributed by atoms with Gasteiger partial charge in [0.15, 0.2) is 0 Å². The average molecular weight is 403 g/mol. The van der Waals surface area contributed by atoms with E-state index < -0.39 is 0 Å². The van der Waals surface area contributed by atoms with Crippen LogP contribution in [0.15, 0.2) is 36.0 Å². The van der Waals surface area contributed by atoms with E-state index >= 15 is 0 Å². The van der Waals surface area contributed by atoms with Crippen LogP contribution in [-0.2, 0) is 5.54 Å². The number of thiophene rings is 1. The van der Waals surface area contributed by atoms with Crippen molar-refractivity contribution in [1.29, 1.82) is 5.26 Å². The average Bonchev–Trinajstić information content (AvgIpc) is 3.58. The molecule has 0 aromatic carbocycles. The molecule has 0 amide bonds. The Kier molecular flexibility index (Phi) is 3.91. The topological polar surface area (TPSA) is 55.7 Å². The van der Waals surface area contributed by atoms with E-state index in [0.29, 0.717) is 11.5 Å². The minimum Gasteiger partial charge on any atom is -0.346 e. The number of nitrogens with zero attached hydrogens (tertiary/aromatic N) is 3. The summed E-state index contributed by atoms with van der Waals surface area (Å²) in [5.41, 5.74) is 3.90. The summed E-state index contributed by atoms with van der Waals surface area (Å²) in [7, 11) is 0. The number of likely N-dealkylation sites (tertiary alicyclic amines) is 1. The third-order valence-corrected chi connectivity index (χ3v) is 8.70. The highest BCUT2D eigenvalue weighted by molar-refractivity contribution is 7.10. The minimum atomic E-state index is 0.208. The van der Waals surface area contributed by atoms with E-state index in [1.54, 1.807) is 11.3 Å². The number of aromatic amines is 1. The lowest BCUT2D eigenvalue weighted by Gasteiger charge is -2.42. The van der Waals surface area contributed by atoms with Crippen LogP contribution in [0.4, 0.5) is 0 Å². The molecule has 29 heavy (non-hydrogen) atoms. The summed E-state index contributed by atoms with van der Waals surface area (Å²) < 4.78 is 0. The lowest BCUT2D eigenvalue weighted by atomic mass is 9.83. The molecule has 1 aliphatic heterocycles. The van der Waals surface area contributed by atoms with Crippen LogP contribution < -0.4 is 0 Å². The molecule has 1 unspecified atom stereocenters. The number of pyridine rings is 1. The molecule has 6 rings (SSSR count). The molecular weight excluding hydrogens is 376 g/mol. The third-order valence-electron chi connectivity index (χ3n) is 7.57. The zero-order valence-electron chi connectivity index (χ0n) is 16.7. The molecule has 1 spiro atoms. The second kappa shape index (κ2) is 6.42. The molecule has 1 saturated heterocycles. The van der Waals surface area contributed by atoms with E-state index in [9.17, 15) is 5.26 Å². The number of nitriles is 1. The molecule has 1 N–H and O–H groups in total. The fourth-order valence-corrected chi connectivity index (χ4v) is 6.97. The Morgan fingerprint density at radius 3 is 2.86 bits per heavy atom. The monoisotopic (exact) mass is 402 g/mol. The van der Waals surface area contributed by atoms with Crippen LogP contribution in [0.1, 0.15) is 73.3 Å². The lowest BCUT2D eigenvalue weighted by molar-refractivity contribution is 0.0746. The molecule has 5 heteroatoms. The number of hydrogen-bond acceptors (Lipinski definition) is 4. The van der Waals surface area contributed by atoms with E-state index in [4.69, 9.17) is 0 Å². The molecule has 3 fully saturated rings. The quantitative estimate of drug-likeness (QED) is 0.613. The predicted molar refractivity (Wildman–Crippen MR) is 116 cm³/mol. The number of rotatable bonds is 3. The fraction of sp³-hybridized carbons (Fsp3) is 0.500. The summed E-state index contributed by atoms with van der Waals surface area (Å²) in [4.78, 5) is 12.1. The van der Waals surface area contributed by atoms with Crippen LogP contribution >= 0.6 is 11.3 Å². The van der Waals surface area contributed by atoms with Crippen molar-refractivity contribution >= 4 is 22.4 Å². The smallest absolute Gasteiger partial charge is 0.137 e. The van der Waals surface area contributed by atoms with Gasteiger partial charge < -0.3 is 4.98 Å². The lowest BCUT2D eigenvalue weighted by Crippen LogP contribution is -2.47. The van der Waals surface area contributed by atoms with Crippen LogP contribution in [0.5, 0.6) is 0 Å². The molecule has 4 heterocycles. The predicted octanol–water partition coefficient (Wildman–Crippen LogP) is 5.68. The van der Waals surface area contributed by atoms with Crippen molar-refractivity contribution in [1.82, 2.24) is 14.9 Å². The molecule has 1 atom stereocenters. The van der Waals surface area contributed by atoms with Crippen LogP contribution in [0.3, 0.4) is 0 Å². The molecule has 2 aliphatic carbocycles. The molecule has 3 aromatic heterocycles. The Labute approximate surface area is 175 Å². The van der Waals surface area contributed by atoms with Crippen molar-refractivity contribution in [3.8, 4) is 6.07 Å². The van der Waals surface area contributed by atoms with Gasteiger partial charge in [0.25, 0.3) is 0 Å². The van der Waals surface area contributed by atoms with Gasteiger partial charge in [0, 0.05) is 33.6 Å². The SMILES string of the molecule is N#Cc1csc(C2(N3CCCCC(c4ccnc5[nH]ccc45)CC34CC4)CC2)c1. The van der Waals surface area contributed by atoms with Crippen LogP contribution in [0.25, 0.3) is 11.0 Å². The summed E-state index contributed by atoms with van der Waals surface area (Å²) >= 11 is 1.80. The van der Waals surface area contributed by atoms with E-state index in [1.807, 2.05) is 17.8 Å². The van der Waals surface area contributed by atoms with Crippen molar-refractivity contribution in [3.05, 3.63) is 52.0 Å². The first-order chi connectivity index (χ1) is 14.2. The van der Waals surface area contributed by atoms with Crippen molar-refractivity contribution in [2.75, 3.05) is 6.54 Å². The summed E-state index contributed by atoms with van der Waals surface area (Å²) in [6.45, 7) is 1.21. The summed E-state index contributed by atoms with van der Waals surface area (Å²) in [6, 6.07) is 8.96. The third kappa shape index (κ3) is 2.77. The van der Waals surface area contributed by atoms with E-state index in [1.165, 1.54) is 73.7 Å². The summed E-state index contributed by atoms with van der Waals surface area (Å²) in [5, 5.41) is 12.7. The number of hydrogen-bond donors (Lipinski definition) is 1. The second-order valence-corrected chi connectivity index (χ2v) is 10.2. The van der Waals surface area contributed by atoms with Crippen molar-refractivity contribution in [2.24, 2.45) is 0 Å². The molecule has 2 saturated carbocycles. The highest BCUT2D eigenvalue weighted by Crippen LogP contribution is 2.62. The van der Waals surface area contributed by atoms with Crippen molar-refractivity contribution in [2.45, 2.75) is 68.4 Å². The van der Waals surface area contributed by atoms with Crippen LogP contribution in [0.2, 0.25) is 0 Å². The first kappa shape index (κ1) is 17.7. The zero-order valence-corrected chi connectivity index (χ0v) is 17.5. The summed E-state index contributed by atoms with van der Waals surface area (Å²) in [6.07, 6.45) is 14.2. The van der Waals surface area contributed by atoms with Gasteiger partial charge in [-0.15, -0.1) is 11.3 Å². The Morgan fingerprint density at radius 2 is 2.10 bits per heavy atom. The fourth-order valence-electron chi connectivity index (χ4n) is 5.87. The second-order valence-electron chi connectivity index (χ2n) is 9.26. The maximum Gasteiger partial charge on any atom is 0.137 e. The molecule has 0 bridgehead atoms. The van der Waals surface area contributed by atoms with Gasteiger partial charge in [-0.25, -0.2) is 4.98 Å². The number of aromatic nitrogens is 2. The molecule has 0 radical (unpaired) electrons. The Bertz CT molecular complexity index is 1100. The molecule has 3 aromatic rings. The molecule has 148 valence electrons. The van der Waals surface area contributed by atoms with Gasteiger partial charge in [0.05, 0.1) is 11.1 Å². The largest absolute Gasteiger partial charge is 0.346 e. The van der Waals surface area contributed by atoms with Crippen molar-refractivity contribution in [3.63, 3.8) is 0 Å². The number of H-pyrrole nitrogens is 1. The summed E-state index contributed by atoms with van der Waals surface area (Å²) in [5.74, 6) is 0.607. The zero-order chi connectivity index (χ0) is 19.5. The first-order valence-electron chi connectivity index (χ1n) is 10.9. The molecular formula is C24H26N4S. The normalized spacial score (nSPS) is 25.4. The van der Waals surface area contributed by atoms with Gasteiger partial charge in [-0.2, -0.15) is 5.26 Å². The van der Waals surface area contributed by atoms with Gasteiger partial charge in [-0.05, 0) is 81.2 Å². The van der Waals surface area contributed by atoms with E-state index in [-0.39, 0.29) is 5.54 Å². The maximum atomic E-state index is 9.31. The number of fused-ring (bicyclic) bond motifs is 1. The van der Waals surface area contributed by atoms with Gasteiger partial charge in [-0.1, -0.05) is 6.42 Å². The van der Waals surface area contributed by atoms with Crippen LogP contribution in [-0.4, -0.2) is 27.0 Å². The van der Waals surface area contributed by atoms with E-state index in [0.717, 1.165) is 11.2 Å². The molecule has 4 nitrogen and oxygen atoms in total. The minimum absolute atomic E-state index is 0.208. The Morgan fingerprint density at radius 1 is 1.21 bits per heavy atom. The van der Waals surface area contributed by atoms with Crippen molar-refractivity contribution < 1.29 is 0 Å². The maximum absolute atomic E-state index is 9.31. The Hall–Kier alpha value is -2.16. The van der Waals surface area contributed by atoms with Gasteiger partial charge in [0.1, 0.15) is 11.7 Å². The highest BCUT2D eigenvalue weighted by Gasteiger charge is 2.61.